The number of phenolic OH excluding ortho intramolecular Hbond substituents is 1. The number of hydrogen-bond acceptors (Lipinski definition) is 14. The largest absolute Gasteiger partial charge is 0.508 e. The Balaban J connectivity index is 1.51. The monoisotopic (exact) mass is 811 g/mol. The third kappa shape index (κ3) is 8.29. The van der Waals surface area contributed by atoms with E-state index in [0.717, 1.165) is 63.0 Å². The molecule has 0 aromatic heterocycles. The Bertz CT molecular complexity index is 1820. The molecule has 1 spiro atoms. The molecule has 14 heteroatoms. The van der Waals surface area contributed by atoms with Crippen molar-refractivity contribution < 1.29 is 63.0 Å². The summed E-state index contributed by atoms with van der Waals surface area (Å²) in [6.45, 7) is 9.75. The first kappa shape index (κ1) is 44.8. The third-order valence-corrected chi connectivity index (χ3v) is 12.7. The molecule has 0 radical (unpaired) electrons. The molecule has 1 saturated heterocycles. The summed E-state index contributed by atoms with van der Waals surface area (Å²) < 4.78 is 30.2. The Kier molecular flexibility index (Phi) is 13.9. The number of aryl methyl sites for hydroxylation is 2. The number of aromatic hydroxyl groups is 1. The zero-order valence-corrected chi connectivity index (χ0v) is 34.7. The molecule has 2 unspecified atom stereocenters. The number of unbranched alkanes of at least 4 members (excludes halogenated alkanes) is 6. The molecular weight excluding hydrogens is 750 g/mol. The predicted octanol–water partition coefficient (Wildman–Crippen LogP) is 4.89. The van der Waals surface area contributed by atoms with Gasteiger partial charge in [-0.05, 0) is 94.7 Å². The van der Waals surface area contributed by atoms with Crippen LogP contribution >= 0.6 is 0 Å². The van der Waals surface area contributed by atoms with Crippen LogP contribution in [0.4, 0.5) is 0 Å². The van der Waals surface area contributed by atoms with E-state index < -0.39 is 82.9 Å². The van der Waals surface area contributed by atoms with E-state index in [9.17, 15) is 39.3 Å². The topological polar surface area (TPSA) is 218 Å². The lowest BCUT2D eigenvalue weighted by Crippen LogP contribution is -2.64. The molecule has 5 rings (SSSR count). The molecule has 1 aromatic rings. The van der Waals surface area contributed by atoms with Gasteiger partial charge in [0.1, 0.15) is 17.5 Å². The van der Waals surface area contributed by atoms with Crippen molar-refractivity contribution in [2.75, 3.05) is 6.54 Å². The fourth-order valence-corrected chi connectivity index (χ4v) is 9.28. The molecule has 320 valence electrons. The smallest absolute Gasteiger partial charge is 0.341 e. The Morgan fingerprint density at radius 1 is 0.948 bits per heavy atom. The van der Waals surface area contributed by atoms with Gasteiger partial charge in [0.25, 0.3) is 0 Å². The van der Waals surface area contributed by atoms with E-state index in [0.29, 0.717) is 19.4 Å². The number of ether oxygens (including phenoxy) is 5. The molecule has 3 fully saturated rings. The number of phenols is 1. The lowest BCUT2D eigenvalue weighted by Gasteiger charge is -2.40. The maximum absolute atomic E-state index is 13.8. The molecule has 8 atom stereocenters. The zero-order valence-electron chi connectivity index (χ0n) is 34.7. The molecule has 0 amide bonds. The van der Waals surface area contributed by atoms with Crippen molar-refractivity contribution >= 4 is 29.8 Å². The standard InChI is InChI=1S/C44H61NO13/c1-7-9-10-11-14-17-33(48)55-38-36(56-39(50)26(3)8-2)27(4)35-37-44(53,41(6,52)40(51)57-37)32(24-42(58-28(5)46)25-43(35,38)42)54-34(49)21-19-29-18-20-31(47)30(23-29)16-13-12-15-22-45/h8,18,20,23,32,36-38,47,52-53H,7,9-17,19,21-22,24-25,45H2,1-6H3/b26-8-/t32?,36?,37-,38+,41+,42+,43+,44+/m0/s1. The van der Waals surface area contributed by atoms with Crippen molar-refractivity contribution in [1.29, 1.82) is 0 Å². The van der Waals surface area contributed by atoms with E-state index >= 15 is 0 Å². The molecule has 14 nitrogen and oxygen atoms in total. The van der Waals surface area contributed by atoms with Crippen LogP contribution in [0.15, 0.2) is 41.0 Å². The van der Waals surface area contributed by atoms with Crippen LogP contribution in [0.2, 0.25) is 0 Å². The minimum Gasteiger partial charge on any atom is -0.508 e. The Morgan fingerprint density at radius 2 is 1.64 bits per heavy atom. The summed E-state index contributed by atoms with van der Waals surface area (Å²) >= 11 is 0. The lowest BCUT2D eigenvalue weighted by molar-refractivity contribution is -0.207. The molecule has 1 aliphatic heterocycles. The summed E-state index contributed by atoms with van der Waals surface area (Å²) in [7, 11) is 0. The molecule has 2 saturated carbocycles. The van der Waals surface area contributed by atoms with Gasteiger partial charge in [-0.1, -0.05) is 57.2 Å². The van der Waals surface area contributed by atoms with Gasteiger partial charge in [0.15, 0.2) is 29.5 Å². The van der Waals surface area contributed by atoms with Crippen molar-refractivity contribution in [2.24, 2.45) is 11.1 Å². The highest BCUT2D eigenvalue weighted by Crippen LogP contribution is 2.76. The number of fused-ring (bicyclic) bond motifs is 2. The Labute approximate surface area is 340 Å². The normalized spacial score (nSPS) is 31.1. The van der Waals surface area contributed by atoms with Gasteiger partial charge in [0.2, 0.25) is 0 Å². The highest BCUT2D eigenvalue weighted by Gasteiger charge is 2.88. The van der Waals surface area contributed by atoms with E-state index in [2.05, 4.69) is 6.92 Å². The summed E-state index contributed by atoms with van der Waals surface area (Å²) in [6.07, 6.45) is 2.90. The summed E-state index contributed by atoms with van der Waals surface area (Å²) in [5.74, 6) is -3.83. The summed E-state index contributed by atoms with van der Waals surface area (Å²) in [5, 5.41) is 35.0. The van der Waals surface area contributed by atoms with Crippen molar-refractivity contribution in [2.45, 2.75) is 173 Å². The second kappa shape index (κ2) is 17.9. The van der Waals surface area contributed by atoms with Gasteiger partial charge in [-0.2, -0.15) is 0 Å². The van der Waals surface area contributed by atoms with Crippen LogP contribution in [-0.2, 0) is 60.5 Å². The van der Waals surface area contributed by atoms with Gasteiger partial charge < -0.3 is 44.7 Å². The second-order valence-electron chi connectivity index (χ2n) is 16.6. The maximum Gasteiger partial charge on any atom is 0.341 e. The molecular formula is C44H61NO13. The fraction of sp³-hybridized carbons (Fsp3) is 0.659. The number of benzene rings is 1. The first-order valence-corrected chi connectivity index (χ1v) is 20.7. The van der Waals surface area contributed by atoms with Crippen LogP contribution in [-0.4, -0.2) is 92.9 Å². The first-order chi connectivity index (χ1) is 27.4. The summed E-state index contributed by atoms with van der Waals surface area (Å²) in [4.78, 5) is 67.2. The number of carbonyl (C=O) groups is 5. The van der Waals surface area contributed by atoms with Gasteiger partial charge in [-0.15, -0.1) is 0 Å². The highest BCUT2D eigenvalue weighted by atomic mass is 16.6. The van der Waals surface area contributed by atoms with Gasteiger partial charge >= 0.3 is 29.8 Å². The van der Waals surface area contributed by atoms with Crippen LogP contribution in [0, 0.1) is 5.41 Å². The number of rotatable bonds is 19. The maximum atomic E-state index is 13.8. The average molecular weight is 812 g/mol. The third-order valence-electron chi connectivity index (χ3n) is 12.7. The number of hydrogen-bond donors (Lipinski definition) is 4. The Hall–Kier alpha value is -4.27. The number of carbonyl (C=O) groups excluding carboxylic acids is 5. The van der Waals surface area contributed by atoms with Crippen LogP contribution in [0.1, 0.15) is 130 Å². The molecule has 1 aromatic carbocycles. The molecule has 0 bridgehead atoms. The number of allylic oxidation sites excluding steroid dienone is 1. The van der Waals surface area contributed by atoms with Gasteiger partial charge in [0, 0.05) is 38.2 Å². The molecule has 4 aliphatic rings. The lowest BCUT2D eigenvalue weighted by atomic mass is 9.74. The van der Waals surface area contributed by atoms with Crippen molar-refractivity contribution in [3.8, 4) is 5.75 Å². The SMILES string of the molecule is C/C=C(/C)C(=O)OC1C(C)=C2[C@@H]3OC(=O)[C@@](C)(O)[C@@]3(O)C(OC(=O)CCc3ccc(O)c(CCCCCN)c3)C[C@@]3(OC(C)=O)C[C@]23[C@@H]1OC(=O)CCCCCCC. The summed E-state index contributed by atoms with van der Waals surface area (Å²) in [6, 6.07) is 5.09. The van der Waals surface area contributed by atoms with Crippen molar-refractivity contribution in [3.63, 3.8) is 0 Å². The molecule has 5 N–H and O–H groups in total. The number of aliphatic hydroxyl groups is 2. The van der Waals surface area contributed by atoms with E-state index in [-0.39, 0.29) is 48.2 Å². The number of esters is 5. The van der Waals surface area contributed by atoms with Gasteiger partial charge in [0.05, 0.1) is 5.41 Å². The Morgan fingerprint density at radius 3 is 2.31 bits per heavy atom. The first-order valence-electron chi connectivity index (χ1n) is 20.7. The highest BCUT2D eigenvalue weighted by molar-refractivity contribution is 5.88. The average Bonchev–Trinajstić information content (AvgIpc) is 3.70. The van der Waals surface area contributed by atoms with Gasteiger partial charge in [-0.3, -0.25) is 14.4 Å². The van der Waals surface area contributed by atoms with Crippen molar-refractivity contribution in [1.82, 2.24) is 0 Å². The molecule has 58 heavy (non-hydrogen) atoms. The summed E-state index contributed by atoms with van der Waals surface area (Å²) in [5.41, 5.74) is -0.566. The zero-order chi connectivity index (χ0) is 42.6. The van der Waals surface area contributed by atoms with Crippen LogP contribution in [0.3, 0.4) is 0 Å². The minimum absolute atomic E-state index is 0.0146. The number of nitrogens with two attached hydrogens (primary N) is 1. The van der Waals surface area contributed by atoms with E-state index in [1.165, 1.54) is 6.92 Å². The van der Waals surface area contributed by atoms with Crippen LogP contribution in [0.25, 0.3) is 0 Å². The quantitative estimate of drug-likeness (QED) is 0.0481. The van der Waals surface area contributed by atoms with E-state index in [4.69, 9.17) is 29.4 Å². The fourth-order valence-electron chi connectivity index (χ4n) is 9.28. The van der Waals surface area contributed by atoms with Crippen LogP contribution < -0.4 is 5.73 Å². The van der Waals surface area contributed by atoms with Gasteiger partial charge in [-0.25, -0.2) is 9.59 Å². The predicted molar refractivity (Wildman–Crippen MR) is 210 cm³/mol. The second-order valence-corrected chi connectivity index (χ2v) is 16.6. The molecule has 1 heterocycles. The molecule has 3 aliphatic carbocycles. The van der Waals surface area contributed by atoms with E-state index in [1.54, 1.807) is 39.0 Å². The van der Waals surface area contributed by atoms with Crippen LogP contribution in [0.5, 0.6) is 5.75 Å². The minimum atomic E-state index is -2.64. The van der Waals surface area contributed by atoms with E-state index in [1.807, 2.05) is 6.07 Å². The van der Waals surface area contributed by atoms with Crippen molar-refractivity contribution in [3.05, 3.63) is 52.1 Å².